The van der Waals surface area contributed by atoms with Gasteiger partial charge in [-0.15, -0.1) is 0 Å². The lowest BCUT2D eigenvalue weighted by Gasteiger charge is -2.21. The van der Waals surface area contributed by atoms with Gasteiger partial charge in [-0.2, -0.15) is 0 Å². The molecule has 0 rings (SSSR count). The average Bonchev–Trinajstić information content (AvgIpc) is 2.26. The van der Waals surface area contributed by atoms with Crippen molar-refractivity contribution < 1.29 is 0 Å². The molecule has 80 valence electrons. The van der Waals surface area contributed by atoms with E-state index < -0.39 is 16.2 Å². The first kappa shape index (κ1) is 10.3. The van der Waals surface area contributed by atoms with Crippen LogP contribution >= 0.6 is 0 Å². The van der Waals surface area contributed by atoms with Crippen LogP contribution in [0.1, 0.15) is 40.5 Å². The molecule has 0 aliphatic rings. The van der Waals surface area contributed by atoms with Gasteiger partial charge in [0.2, 0.25) is 0 Å². The Hall–Kier alpha value is -0.258. The Balaban J connectivity index is 4.93. The van der Waals surface area contributed by atoms with E-state index in [0.29, 0.717) is 0 Å². The molecule has 2 nitrogen and oxygen atoms in total. The second-order valence-electron chi connectivity index (χ2n) is 3.09. The Labute approximate surface area is 98.5 Å². The van der Waals surface area contributed by atoms with Crippen LogP contribution < -0.4 is 0 Å². The Morgan fingerprint density at radius 3 is 2.43 bits per heavy atom. The summed E-state index contributed by atoms with van der Waals surface area (Å²) in [5.74, 6) is 0. The fourth-order valence-corrected chi connectivity index (χ4v) is 1.50. The van der Waals surface area contributed by atoms with E-state index in [1.165, 1.54) is 0 Å². The van der Waals surface area contributed by atoms with Crippen LogP contribution in [0.25, 0.3) is 0 Å². The molecule has 0 saturated carbocycles. The SMILES string of the molecule is [2H][Al]([2H])[N](CC)/C(=C\C(CC)=NCC)CC. The van der Waals surface area contributed by atoms with Crippen LogP contribution in [0.5, 0.6) is 0 Å². The Morgan fingerprint density at radius 2 is 2.07 bits per heavy atom. The van der Waals surface area contributed by atoms with Gasteiger partial charge in [0.15, 0.2) is 0 Å². The Morgan fingerprint density at radius 1 is 1.36 bits per heavy atom. The molecule has 0 saturated heterocycles. The van der Waals surface area contributed by atoms with Gasteiger partial charge in [0.25, 0.3) is 0 Å². The van der Waals surface area contributed by atoms with Gasteiger partial charge >= 0.3 is 16.2 Å². The van der Waals surface area contributed by atoms with E-state index in [2.05, 4.69) is 24.9 Å². The minimum Gasteiger partial charge on any atom is -0.472 e. The molecule has 3 heteroatoms. The third-order valence-electron chi connectivity index (χ3n) is 2.13. The van der Waals surface area contributed by atoms with Gasteiger partial charge in [-0.3, -0.25) is 4.99 Å². The predicted molar refractivity (Wildman–Crippen MR) is 67.6 cm³/mol. The molecule has 0 bridgehead atoms. The Bertz CT molecular complexity index is 252. The number of hydrogen-bond acceptors (Lipinski definition) is 2. The van der Waals surface area contributed by atoms with E-state index in [-0.39, 0.29) is 0 Å². The minimum absolute atomic E-state index is 0.757. The molecular weight excluding hydrogens is 187 g/mol. The van der Waals surface area contributed by atoms with Gasteiger partial charge < -0.3 is 3.88 Å². The first-order chi connectivity index (χ1) is 7.60. The summed E-state index contributed by atoms with van der Waals surface area (Å²) in [7, 11) is 0. The molecule has 0 spiro atoms. The molecule has 0 heterocycles. The molecular formula is C11H23AlN2. The second-order valence-corrected chi connectivity index (χ2v) is 3.72. The van der Waals surface area contributed by atoms with E-state index in [0.717, 1.165) is 37.3 Å². The number of hydrogen-bond donors (Lipinski definition) is 0. The Kier molecular flexibility index (Phi) is 5.93. The van der Waals surface area contributed by atoms with Crippen molar-refractivity contribution in [1.82, 2.24) is 3.88 Å². The number of rotatable bonds is 7. The van der Waals surface area contributed by atoms with Gasteiger partial charge in [-0.1, -0.05) is 13.8 Å². The highest BCUT2D eigenvalue weighted by Crippen LogP contribution is 2.06. The molecule has 0 amide bonds. The first-order valence-corrected chi connectivity index (χ1v) is 5.97. The molecule has 0 aliphatic carbocycles. The summed E-state index contributed by atoms with van der Waals surface area (Å²) >= 11 is -2.24. The van der Waals surface area contributed by atoms with Crippen molar-refractivity contribution in [3.05, 3.63) is 11.8 Å². The maximum Gasteiger partial charge on any atom is 0.363 e. The third kappa shape index (κ3) is 4.83. The first-order valence-electron chi connectivity index (χ1n) is 6.61. The van der Waals surface area contributed by atoms with Gasteiger partial charge in [-0.05, 0) is 46.9 Å². The lowest BCUT2D eigenvalue weighted by Crippen LogP contribution is -2.19. The summed E-state index contributed by atoms with van der Waals surface area (Å²) in [6, 6.07) is 0. The summed E-state index contributed by atoms with van der Waals surface area (Å²) in [4.78, 5) is 4.41. The van der Waals surface area contributed by atoms with E-state index in [1.807, 2.05) is 17.7 Å². The standard InChI is InChI=1S/C11H21N2.Al.2H/c1-5-10(12-7-3)9-11(6-2)13-8-4;;;/h9H,5-8H2,1-4H3;;;/q-1;+1;;/b10-9-,13-11?;;;/i;;2*1+1. The molecule has 14 heavy (non-hydrogen) atoms. The highest BCUT2D eigenvalue weighted by molar-refractivity contribution is 6.06. The summed E-state index contributed by atoms with van der Waals surface area (Å²) in [5.41, 5.74) is 2.17. The minimum atomic E-state index is -2.24. The zero-order chi connectivity index (χ0) is 12.6. The normalized spacial score (nSPS) is 14.9. The van der Waals surface area contributed by atoms with Crippen molar-refractivity contribution in [2.45, 2.75) is 40.5 Å². The predicted octanol–water partition coefficient (Wildman–Crippen LogP) is 2.02. The summed E-state index contributed by atoms with van der Waals surface area (Å²) in [6.07, 6.45) is 3.85. The van der Waals surface area contributed by atoms with Gasteiger partial charge in [0, 0.05) is 12.3 Å². The fraction of sp³-hybridized carbons (Fsp3) is 0.727. The fourth-order valence-electron chi connectivity index (χ4n) is 1.25. The van der Waals surface area contributed by atoms with Crippen molar-refractivity contribution in [1.29, 1.82) is 1.88 Å². The smallest absolute Gasteiger partial charge is 0.363 e. The number of aliphatic imine (C=N–C) groups is 1. The molecule has 0 atom stereocenters. The quantitative estimate of drug-likeness (QED) is 0.465. The summed E-state index contributed by atoms with van der Waals surface area (Å²) in [6.45, 7) is 9.75. The molecule has 0 radical (unpaired) electrons. The van der Waals surface area contributed by atoms with Gasteiger partial charge in [-0.25, -0.2) is 0 Å². The lowest BCUT2D eigenvalue weighted by atomic mass is 10.2. The molecule has 0 N–H and O–H groups in total. The zero-order valence-electron chi connectivity index (χ0n) is 11.9. The maximum atomic E-state index is 7.62. The monoisotopic (exact) mass is 212 g/mol. The van der Waals surface area contributed by atoms with Gasteiger partial charge in [0.05, 0.1) is 0 Å². The van der Waals surface area contributed by atoms with E-state index in [1.54, 1.807) is 0 Å². The van der Waals surface area contributed by atoms with Crippen molar-refractivity contribution >= 4 is 21.9 Å². The van der Waals surface area contributed by atoms with Crippen molar-refractivity contribution in [2.24, 2.45) is 4.99 Å². The van der Waals surface area contributed by atoms with Crippen molar-refractivity contribution in [3.8, 4) is 0 Å². The van der Waals surface area contributed by atoms with Crippen LogP contribution in [-0.2, 0) is 0 Å². The van der Waals surface area contributed by atoms with Gasteiger partial charge in [0.1, 0.15) is 0 Å². The van der Waals surface area contributed by atoms with Crippen LogP contribution in [0.2, 0.25) is 0 Å². The summed E-state index contributed by atoms with van der Waals surface area (Å²) in [5, 5.41) is 0. The lowest BCUT2D eigenvalue weighted by molar-refractivity contribution is 0.564. The second kappa shape index (κ2) is 8.08. The van der Waals surface area contributed by atoms with Crippen molar-refractivity contribution in [2.75, 3.05) is 13.1 Å². The number of allylic oxidation sites excluding steroid dienone is 2. The highest BCUT2D eigenvalue weighted by atomic mass is 27.1. The van der Waals surface area contributed by atoms with Crippen LogP contribution in [0.4, 0.5) is 0 Å². The average molecular weight is 212 g/mol. The summed E-state index contributed by atoms with van der Waals surface area (Å²) < 4.78 is 17.2. The molecule has 0 aromatic rings. The van der Waals surface area contributed by atoms with Crippen LogP contribution in [-0.4, -0.2) is 40.8 Å². The molecule has 0 unspecified atom stereocenters. The largest absolute Gasteiger partial charge is 0.472 e. The maximum absolute atomic E-state index is 7.62. The van der Waals surface area contributed by atoms with Crippen LogP contribution in [0, 0.1) is 0 Å². The van der Waals surface area contributed by atoms with Crippen molar-refractivity contribution in [3.63, 3.8) is 0 Å². The molecule has 0 aliphatic heterocycles. The number of nitrogens with zero attached hydrogens (tertiary/aromatic N) is 2. The zero-order valence-corrected chi connectivity index (χ0v) is 11.0. The van der Waals surface area contributed by atoms with Crippen LogP contribution in [0.15, 0.2) is 16.8 Å². The highest BCUT2D eigenvalue weighted by Gasteiger charge is 2.00. The molecule has 0 fully saturated rings. The molecule has 0 aromatic carbocycles. The van der Waals surface area contributed by atoms with Crippen LogP contribution in [0.3, 0.4) is 0 Å². The molecule has 0 aromatic heterocycles. The third-order valence-corrected chi connectivity index (χ3v) is 2.83. The topological polar surface area (TPSA) is 15.6 Å². The van der Waals surface area contributed by atoms with E-state index >= 15 is 0 Å². The van der Waals surface area contributed by atoms with E-state index in [4.69, 9.17) is 1.88 Å². The van der Waals surface area contributed by atoms with E-state index in [9.17, 15) is 0 Å².